The minimum absolute atomic E-state index is 0.205. The molecule has 0 radical (unpaired) electrons. The molecule has 0 spiro atoms. The molecule has 4 N–H and O–H groups in total. The third-order valence-corrected chi connectivity index (χ3v) is 3.57. The summed E-state index contributed by atoms with van der Waals surface area (Å²) in [6.07, 6.45) is 3.24. The van der Waals surface area contributed by atoms with Crippen LogP contribution in [0.15, 0.2) is 0 Å². The van der Waals surface area contributed by atoms with Crippen molar-refractivity contribution in [3.05, 3.63) is 0 Å². The van der Waals surface area contributed by atoms with Gasteiger partial charge in [-0.1, -0.05) is 0 Å². The first-order valence-electron chi connectivity index (χ1n) is 6.03. The lowest BCUT2D eigenvalue weighted by Crippen LogP contribution is -2.63. The zero-order valence-corrected chi connectivity index (χ0v) is 10.7. The van der Waals surface area contributed by atoms with E-state index in [1.165, 1.54) is 0 Å². The molecule has 0 bridgehead atoms. The van der Waals surface area contributed by atoms with Crippen molar-refractivity contribution >= 4 is 0 Å². The van der Waals surface area contributed by atoms with Gasteiger partial charge in [-0.2, -0.15) is 0 Å². The van der Waals surface area contributed by atoms with E-state index in [4.69, 9.17) is 11.5 Å². The highest BCUT2D eigenvalue weighted by molar-refractivity contribution is 5.01. The standard InChI is InChI=1S/C12H27N3/c1-11(2)8-10(14)9-12(3,4)15(11)7-5-6-13/h10H,5-9,13-14H2,1-4H3. The van der Waals surface area contributed by atoms with Crippen molar-refractivity contribution in [2.45, 2.75) is 64.1 Å². The molecule has 1 rings (SSSR count). The van der Waals surface area contributed by atoms with Crippen LogP contribution in [0.4, 0.5) is 0 Å². The van der Waals surface area contributed by atoms with Crippen LogP contribution in [0.3, 0.4) is 0 Å². The highest BCUT2D eigenvalue weighted by atomic mass is 15.3. The Labute approximate surface area is 94.2 Å². The Morgan fingerprint density at radius 2 is 1.60 bits per heavy atom. The van der Waals surface area contributed by atoms with Gasteiger partial charge in [0.05, 0.1) is 0 Å². The topological polar surface area (TPSA) is 55.3 Å². The zero-order chi connectivity index (χ0) is 11.7. The molecule has 0 aromatic heterocycles. The third kappa shape index (κ3) is 2.92. The Balaban J connectivity index is 2.77. The Bertz CT molecular complexity index is 193. The lowest BCUT2D eigenvalue weighted by atomic mass is 9.77. The second-order valence-corrected chi connectivity index (χ2v) is 6.09. The summed E-state index contributed by atoms with van der Waals surface area (Å²) < 4.78 is 0. The van der Waals surface area contributed by atoms with Crippen molar-refractivity contribution in [1.29, 1.82) is 0 Å². The maximum Gasteiger partial charge on any atom is 0.0173 e. The van der Waals surface area contributed by atoms with Crippen LogP contribution in [0.5, 0.6) is 0 Å². The highest BCUT2D eigenvalue weighted by Crippen LogP contribution is 2.37. The number of hydrogen-bond donors (Lipinski definition) is 2. The molecule has 0 unspecified atom stereocenters. The van der Waals surface area contributed by atoms with Crippen LogP contribution in [0.1, 0.15) is 47.0 Å². The van der Waals surface area contributed by atoms with Gasteiger partial charge in [-0.05, 0) is 53.5 Å². The second kappa shape index (κ2) is 4.40. The van der Waals surface area contributed by atoms with Crippen LogP contribution in [-0.4, -0.2) is 35.1 Å². The lowest BCUT2D eigenvalue weighted by Gasteiger charge is -2.55. The maximum atomic E-state index is 6.13. The second-order valence-electron chi connectivity index (χ2n) is 6.09. The molecule has 15 heavy (non-hydrogen) atoms. The number of hydrogen-bond acceptors (Lipinski definition) is 3. The highest BCUT2D eigenvalue weighted by Gasteiger charge is 2.43. The van der Waals surface area contributed by atoms with E-state index in [0.717, 1.165) is 32.4 Å². The zero-order valence-electron chi connectivity index (χ0n) is 10.7. The van der Waals surface area contributed by atoms with Crippen molar-refractivity contribution in [2.75, 3.05) is 13.1 Å². The monoisotopic (exact) mass is 213 g/mol. The largest absolute Gasteiger partial charge is 0.330 e. The number of nitrogens with two attached hydrogens (primary N) is 2. The molecule has 1 saturated heterocycles. The van der Waals surface area contributed by atoms with E-state index in [1.54, 1.807) is 0 Å². The summed E-state index contributed by atoms with van der Waals surface area (Å²) in [7, 11) is 0. The van der Waals surface area contributed by atoms with Gasteiger partial charge in [-0.3, -0.25) is 4.90 Å². The fourth-order valence-corrected chi connectivity index (χ4v) is 3.25. The van der Waals surface area contributed by atoms with Crippen LogP contribution in [-0.2, 0) is 0 Å². The van der Waals surface area contributed by atoms with Crippen LogP contribution < -0.4 is 11.5 Å². The van der Waals surface area contributed by atoms with Crippen LogP contribution in [0, 0.1) is 0 Å². The summed E-state index contributed by atoms with van der Waals surface area (Å²) >= 11 is 0. The van der Waals surface area contributed by atoms with Gasteiger partial charge in [0, 0.05) is 23.7 Å². The maximum absolute atomic E-state index is 6.13. The predicted octanol–water partition coefficient (Wildman–Crippen LogP) is 1.32. The summed E-state index contributed by atoms with van der Waals surface area (Å²) in [6, 6.07) is 0.337. The molecule has 0 amide bonds. The molecule has 3 nitrogen and oxygen atoms in total. The van der Waals surface area contributed by atoms with Gasteiger partial charge >= 0.3 is 0 Å². The summed E-state index contributed by atoms with van der Waals surface area (Å²) in [5.41, 5.74) is 12.1. The predicted molar refractivity (Wildman–Crippen MR) is 65.7 cm³/mol. The van der Waals surface area contributed by atoms with Crippen molar-refractivity contribution in [3.8, 4) is 0 Å². The van der Waals surface area contributed by atoms with Gasteiger partial charge in [0.2, 0.25) is 0 Å². The normalized spacial score (nSPS) is 26.8. The fourth-order valence-electron chi connectivity index (χ4n) is 3.25. The molecule has 3 heteroatoms. The molecule has 1 heterocycles. The quantitative estimate of drug-likeness (QED) is 0.743. The Morgan fingerprint density at radius 1 is 1.13 bits per heavy atom. The van der Waals surface area contributed by atoms with Gasteiger partial charge in [-0.15, -0.1) is 0 Å². The first-order valence-corrected chi connectivity index (χ1v) is 6.03. The van der Waals surface area contributed by atoms with Crippen molar-refractivity contribution < 1.29 is 0 Å². The minimum Gasteiger partial charge on any atom is -0.330 e. The molecule has 0 aromatic carbocycles. The van der Waals surface area contributed by atoms with Crippen molar-refractivity contribution in [3.63, 3.8) is 0 Å². The Morgan fingerprint density at radius 3 is 2.00 bits per heavy atom. The number of nitrogens with zero attached hydrogens (tertiary/aromatic N) is 1. The van der Waals surface area contributed by atoms with E-state index in [0.29, 0.717) is 6.04 Å². The Kier molecular flexibility index (Phi) is 3.80. The number of likely N-dealkylation sites (tertiary alicyclic amines) is 1. The smallest absolute Gasteiger partial charge is 0.0173 e. The summed E-state index contributed by atoms with van der Waals surface area (Å²) in [5, 5.41) is 0. The van der Waals surface area contributed by atoms with E-state index in [9.17, 15) is 0 Å². The van der Waals surface area contributed by atoms with Crippen LogP contribution >= 0.6 is 0 Å². The number of piperidine rings is 1. The average Bonchev–Trinajstić information content (AvgIpc) is 1.98. The van der Waals surface area contributed by atoms with Crippen molar-refractivity contribution in [1.82, 2.24) is 4.90 Å². The average molecular weight is 213 g/mol. The van der Waals surface area contributed by atoms with Crippen LogP contribution in [0.2, 0.25) is 0 Å². The summed E-state index contributed by atoms with van der Waals surface area (Å²) in [6.45, 7) is 11.0. The molecule has 1 aliphatic heterocycles. The van der Waals surface area contributed by atoms with E-state index in [2.05, 4.69) is 32.6 Å². The molecule has 0 aliphatic carbocycles. The van der Waals surface area contributed by atoms with Gasteiger partial charge in [-0.25, -0.2) is 0 Å². The minimum atomic E-state index is 0.205. The van der Waals surface area contributed by atoms with E-state index in [-0.39, 0.29) is 11.1 Å². The number of rotatable bonds is 3. The molecular formula is C12H27N3. The SMILES string of the molecule is CC1(C)CC(N)CC(C)(C)N1CCCN. The van der Waals surface area contributed by atoms with E-state index >= 15 is 0 Å². The summed E-state index contributed by atoms with van der Waals surface area (Å²) in [4.78, 5) is 2.58. The summed E-state index contributed by atoms with van der Waals surface area (Å²) in [5.74, 6) is 0. The van der Waals surface area contributed by atoms with Crippen LogP contribution in [0.25, 0.3) is 0 Å². The molecule has 0 aromatic rings. The fraction of sp³-hybridized carbons (Fsp3) is 1.00. The molecule has 0 saturated carbocycles. The Hall–Kier alpha value is -0.120. The van der Waals surface area contributed by atoms with Gasteiger partial charge in [0.15, 0.2) is 0 Å². The van der Waals surface area contributed by atoms with Gasteiger partial charge in [0.1, 0.15) is 0 Å². The first-order chi connectivity index (χ1) is 6.79. The van der Waals surface area contributed by atoms with Gasteiger partial charge < -0.3 is 11.5 Å². The molecular weight excluding hydrogens is 186 g/mol. The third-order valence-electron chi connectivity index (χ3n) is 3.57. The van der Waals surface area contributed by atoms with Gasteiger partial charge in [0.25, 0.3) is 0 Å². The van der Waals surface area contributed by atoms with E-state index in [1.807, 2.05) is 0 Å². The first kappa shape index (κ1) is 12.9. The van der Waals surface area contributed by atoms with Crippen molar-refractivity contribution in [2.24, 2.45) is 11.5 Å². The molecule has 1 aliphatic rings. The van der Waals surface area contributed by atoms with E-state index < -0.39 is 0 Å². The molecule has 0 atom stereocenters. The molecule has 90 valence electrons. The lowest BCUT2D eigenvalue weighted by molar-refractivity contribution is -0.0346. The molecule has 1 fully saturated rings.